The molecule has 8 nitrogen and oxygen atoms in total. The number of carbonyl (C=O) groups excluding carboxylic acids is 2. The maximum atomic E-state index is 13.4. The van der Waals surface area contributed by atoms with Crippen LogP contribution in [0.1, 0.15) is 44.1 Å². The molecule has 1 aromatic carbocycles. The van der Waals surface area contributed by atoms with Crippen molar-refractivity contribution in [3.8, 4) is 10.6 Å². The summed E-state index contributed by atoms with van der Waals surface area (Å²) in [6.45, 7) is 5.19. The average molecular weight is 491 g/mol. The van der Waals surface area contributed by atoms with Crippen molar-refractivity contribution in [1.82, 2.24) is 15.0 Å². The number of hydrogen-bond donors (Lipinski definition) is 2. The summed E-state index contributed by atoms with van der Waals surface area (Å²) in [5.74, 6) is -0.147. The van der Waals surface area contributed by atoms with Crippen molar-refractivity contribution >= 4 is 39.9 Å². The molecule has 4 heterocycles. The van der Waals surface area contributed by atoms with Crippen LogP contribution in [0.25, 0.3) is 21.7 Å². The van der Waals surface area contributed by atoms with Crippen LogP contribution in [0.3, 0.4) is 0 Å². The number of likely N-dealkylation sites (tertiary alicyclic amines) is 1. The van der Waals surface area contributed by atoms with Crippen LogP contribution in [0.5, 0.6) is 0 Å². The number of aliphatic hydroxyl groups excluding tert-OH is 1. The summed E-state index contributed by atoms with van der Waals surface area (Å²) < 4.78 is 5.39. The fraction of sp³-hybridized carbons (Fsp3) is 0.308. The zero-order valence-corrected chi connectivity index (χ0v) is 20.4. The van der Waals surface area contributed by atoms with E-state index in [0.717, 1.165) is 22.6 Å². The second kappa shape index (κ2) is 9.59. The Balaban J connectivity index is 1.41. The van der Waals surface area contributed by atoms with Crippen molar-refractivity contribution in [1.29, 1.82) is 0 Å². The highest BCUT2D eigenvalue weighted by Crippen LogP contribution is 2.31. The molecular formula is C26H26N4O4S. The van der Waals surface area contributed by atoms with E-state index in [1.807, 2.05) is 19.1 Å². The van der Waals surface area contributed by atoms with E-state index in [1.165, 1.54) is 0 Å². The number of anilines is 1. The van der Waals surface area contributed by atoms with Gasteiger partial charge in [0.05, 0.1) is 27.2 Å². The highest BCUT2D eigenvalue weighted by atomic mass is 32.1. The Labute approximate surface area is 206 Å². The summed E-state index contributed by atoms with van der Waals surface area (Å²) in [7, 11) is 0. The fourth-order valence-electron chi connectivity index (χ4n) is 4.40. The molecule has 180 valence electrons. The van der Waals surface area contributed by atoms with Gasteiger partial charge >= 0.3 is 0 Å². The van der Waals surface area contributed by atoms with Gasteiger partial charge in [-0.25, -0.2) is 4.98 Å². The van der Waals surface area contributed by atoms with Crippen molar-refractivity contribution < 1.29 is 19.2 Å². The highest BCUT2D eigenvalue weighted by Gasteiger charge is 2.24. The molecule has 4 aromatic rings. The molecule has 35 heavy (non-hydrogen) atoms. The number of aliphatic hydroxyl groups is 1. The third-order valence-corrected chi connectivity index (χ3v) is 7.41. The van der Waals surface area contributed by atoms with Crippen molar-refractivity contribution in [2.24, 2.45) is 5.92 Å². The maximum absolute atomic E-state index is 13.4. The number of amides is 2. The standard InChI is InChI=1S/C26H26N4O4S/c1-15-6-7-22(35-15)21-13-20(23-16(2)29-34-25(23)28-21)24(32)27-19-5-3-4-18(12-19)26(33)30-10-8-17(14-31)9-11-30/h3-7,12-13,17,31H,8-11,14H2,1-2H3,(H,27,32). The van der Waals surface area contributed by atoms with Crippen molar-refractivity contribution in [2.45, 2.75) is 26.7 Å². The van der Waals surface area contributed by atoms with Gasteiger partial charge in [0.15, 0.2) is 0 Å². The zero-order valence-electron chi connectivity index (χ0n) is 19.6. The van der Waals surface area contributed by atoms with Crippen LogP contribution in [-0.4, -0.2) is 51.7 Å². The van der Waals surface area contributed by atoms with E-state index in [-0.39, 0.29) is 24.3 Å². The Bertz CT molecular complexity index is 1400. The number of nitrogens with one attached hydrogen (secondary N) is 1. The zero-order chi connectivity index (χ0) is 24.5. The topological polar surface area (TPSA) is 109 Å². The SMILES string of the molecule is Cc1ccc(-c2cc(C(=O)Nc3cccc(C(=O)N4CCC(CO)CC4)c3)c3c(C)noc3n2)s1. The van der Waals surface area contributed by atoms with Crippen LogP contribution >= 0.6 is 11.3 Å². The molecular weight excluding hydrogens is 464 g/mol. The van der Waals surface area contributed by atoms with E-state index < -0.39 is 0 Å². The number of carbonyl (C=O) groups is 2. The minimum atomic E-state index is -0.327. The summed E-state index contributed by atoms with van der Waals surface area (Å²) in [5.41, 5.74) is 3.00. The molecule has 5 rings (SSSR count). The molecule has 0 aliphatic carbocycles. The number of benzene rings is 1. The van der Waals surface area contributed by atoms with Gasteiger partial charge in [-0.2, -0.15) is 0 Å². The first kappa shape index (κ1) is 23.2. The predicted molar refractivity (Wildman–Crippen MR) is 135 cm³/mol. The van der Waals surface area contributed by atoms with E-state index in [0.29, 0.717) is 52.4 Å². The second-order valence-electron chi connectivity index (χ2n) is 8.87. The first-order chi connectivity index (χ1) is 16.9. The number of pyridine rings is 1. The Morgan fingerprint density at radius 3 is 2.69 bits per heavy atom. The number of fused-ring (bicyclic) bond motifs is 1. The summed E-state index contributed by atoms with van der Waals surface area (Å²) in [4.78, 5) is 34.9. The number of piperidine rings is 1. The Hall–Kier alpha value is -3.56. The lowest BCUT2D eigenvalue weighted by atomic mass is 9.97. The third kappa shape index (κ3) is 4.69. The summed E-state index contributed by atoms with van der Waals surface area (Å²) in [5, 5.41) is 16.8. The van der Waals surface area contributed by atoms with Crippen LogP contribution in [-0.2, 0) is 0 Å². The van der Waals surface area contributed by atoms with Gasteiger partial charge in [0.1, 0.15) is 0 Å². The van der Waals surface area contributed by atoms with Gasteiger partial charge in [-0.15, -0.1) is 11.3 Å². The second-order valence-corrected chi connectivity index (χ2v) is 10.2. The molecule has 0 spiro atoms. The first-order valence-corrected chi connectivity index (χ1v) is 12.4. The van der Waals surface area contributed by atoms with E-state index >= 15 is 0 Å². The molecule has 0 radical (unpaired) electrons. The average Bonchev–Trinajstić information content (AvgIpc) is 3.48. The molecule has 2 amide bonds. The molecule has 1 saturated heterocycles. The van der Waals surface area contributed by atoms with E-state index in [4.69, 9.17) is 4.52 Å². The number of aromatic nitrogens is 2. The van der Waals surface area contributed by atoms with E-state index in [1.54, 1.807) is 53.5 Å². The van der Waals surface area contributed by atoms with Gasteiger partial charge in [-0.05, 0) is 69.0 Å². The number of thiophene rings is 1. The normalized spacial score (nSPS) is 14.4. The third-order valence-electron chi connectivity index (χ3n) is 6.38. The molecule has 0 saturated carbocycles. The van der Waals surface area contributed by atoms with Crippen LogP contribution in [0.2, 0.25) is 0 Å². The molecule has 0 unspecified atom stereocenters. The Kier molecular flexibility index (Phi) is 6.36. The van der Waals surface area contributed by atoms with Crippen molar-refractivity contribution in [3.63, 3.8) is 0 Å². The predicted octanol–water partition coefficient (Wildman–Crippen LogP) is 4.66. The summed E-state index contributed by atoms with van der Waals surface area (Å²) >= 11 is 1.59. The van der Waals surface area contributed by atoms with Gasteiger partial charge in [0, 0.05) is 35.8 Å². The number of hydrogen-bond acceptors (Lipinski definition) is 7. The highest BCUT2D eigenvalue weighted by molar-refractivity contribution is 7.15. The van der Waals surface area contributed by atoms with E-state index in [2.05, 4.69) is 15.5 Å². The fourth-order valence-corrected chi connectivity index (χ4v) is 5.23. The molecule has 1 aliphatic heterocycles. The number of rotatable bonds is 5. The van der Waals surface area contributed by atoms with Crippen molar-refractivity contribution in [2.75, 3.05) is 25.0 Å². The Morgan fingerprint density at radius 2 is 1.97 bits per heavy atom. The van der Waals surface area contributed by atoms with Gasteiger partial charge < -0.3 is 19.8 Å². The largest absolute Gasteiger partial charge is 0.396 e. The molecule has 0 atom stereocenters. The molecule has 2 N–H and O–H groups in total. The van der Waals surface area contributed by atoms with Gasteiger partial charge in [0.25, 0.3) is 17.5 Å². The maximum Gasteiger partial charge on any atom is 0.259 e. The Morgan fingerprint density at radius 1 is 1.17 bits per heavy atom. The summed E-state index contributed by atoms with van der Waals surface area (Å²) in [6.07, 6.45) is 1.59. The van der Waals surface area contributed by atoms with Gasteiger partial charge in [-0.1, -0.05) is 11.2 Å². The quantitative estimate of drug-likeness (QED) is 0.421. The summed E-state index contributed by atoms with van der Waals surface area (Å²) in [6, 6.07) is 12.7. The van der Waals surface area contributed by atoms with Crippen LogP contribution in [0, 0.1) is 19.8 Å². The van der Waals surface area contributed by atoms with Gasteiger partial charge in [-0.3, -0.25) is 9.59 Å². The van der Waals surface area contributed by atoms with Crippen molar-refractivity contribution in [3.05, 3.63) is 64.2 Å². The van der Waals surface area contributed by atoms with Crippen LogP contribution < -0.4 is 5.32 Å². The molecule has 1 aliphatic rings. The number of aryl methyl sites for hydroxylation is 2. The number of nitrogens with zero attached hydrogens (tertiary/aromatic N) is 3. The molecule has 9 heteroatoms. The molecule has 0 bridgehead atoms. The van der Waals surface area contributed by atoms with E-state index in [9.17, 15) is 14.7 Å². The monoisotopic (exact) mass is 490 g/mol. The van der Waals surface area contributed by atoms with Gasteiger partial charge in [0.2, 0.25) is 0 Å². The molecule has 1 fully saturated rings. The first-order valence-electron chi connectivity index (χ1n) is 11.6. The minimum absolute atomic E-state index is 0.0750. The lowest BCUT2D eigenvalue weighted by Gasteiger charge is -2.31. The van der Waals surface area contributed by atoms with Crippen LogP contribution in [0.4, 0.5) is 5.69 Å². The van der Waals surface area contributed by atoms with Crippen LogP contribution in [0.15, 0.2) is 47.0 Å². The lowest BCUT2D eigenvalue weighted by molar-refractivity contribution is 0.0650. The minimum Gasteiger partial charge on any atom is -0.396 e. The molecule has 3 aromatic heterocycles. The smallest absolute Gasteiger partial charge is 0.259 e. The lowest BCUT2D eigenvalue weighted by Crippen LogP contribution is -2.39.